The van der Waals surface area contributed by atoms with E-state index in [0.717, 1.165) is 31.7 Å². The molecule has 0 fully saturated rings. The number of benzene rings is 1. The highest BCUT2D eigenvalue weighted by Gasteiger charge is 2.08. The Labute approximate surface area is 113 Å². The summed E-state index contributed by atoms with van der Waals surface area (Å²) in [6.45, 7) is 1.90. The zero-order valence-corrected chi connectivity index (χ0v) is 11.1. The van der Waals surface area contributed by atoms with E-state index in [2.05, 4.69) is 11.4 Å². The van der Waals surface area contributed by atoms with Gasteiger partial charge in [-0.25, -0.2) is 0 Å². The van der Waals surface area contributed by atoms with Crippen LogP contribution in [0.3, 0.4) is 0 Å². The second-order valence-corrected chi connectivity index (χ2v) is 4.47. The molecule has 0 unspecified atom stereocenters. The van der Waals surface area contributed by atoms with Crippen LogP contribution in [0.1, 0.15) is 19.3 Å². The summed E-state index contributed by atoms with van der Waals surface area (Å²) in [7, 11) is 1.60. The van der Waals surface area contributed by atoms with Crippen LogP contribution in [0.25, 0.3) is 0 Å². The summed E-state index contributed by atoms with van der Waals surface area (Å²) in [5.41, 5.74) is 1.34. The molecule has 102 valence electrons. The van der Waals surface area contributed by atoms with Crippen molar-refractivity contribution in [2.75, 3.05) is 20.2 Å². The molecule has 1 heterocycles. The molecule has 19 heavy (non-hydrogen) atoms. The van der Waals surface area contributed by atoms with E-state index in [4.69, 9.17) is 9.47 Å². The quantitative estimate of drug-likeness (QED) is 0.502. The second kappa shape index (κ2) is 6.95. The van der Waals surface area contributed by atoms with E-state index in [1.807, 2.05) is 0 Å². The van der Waals surface area contributed by atoms with E-state index < -0.39 is 0 Å². The number of hydrogen-bond acceptors (Lipinski definition) is 4. The van der Waals surface area contributed by atoms with E-state index in [-0.39, 0.29) is 5.97 Å². The lowest BCUT2D eigenvalue weighted by Crippen LogP contribution is -2.21. The molecule has 0 radical (unpaired) electrons. The van der Waals surface area contributed by atoms with Crippen molar-refractivity contribution in [3.8, 4) is 11.5 Å². The smallest absolute Gasteiger partial charge is 0.311 e. The number of hydrogen-bond donors (Lipinski definition) is 1. The molecular formula is C15H19NO3. The fourth-order valence-corrected chi connectivity index (χ4v) is 1.99. The van der Waals surface area contributed by atoms with Crippen LogP contribution in [0.15, 0.2) is 35.9 Å². The largest absolute Gasteiger partial charge is 0.497 e. The predicted molar refractivity (Wildman–Crippen MR) is 73.4 cm³/mol. The Balaban J connectivity index is 1.78. The number of carbonyl (C=O) groups excluding carboxylic acids is 1. The van der Waals surface area contributed by atoms with Crippen molar-refractivity contribution in [3.05, 3.63) is 35.9 Å². The molecule has 0 spiro atoms. The van der Waals surface area contributed by atoms with Crippen molar-refractivity contribution in [1.29, 1.82) is 0 Å². The first-order valence-corrected chi connectivity index (χ1v) is 6.51. The minimum Gasteiger partial charge on any atom is -0.497 e. The maximum atomic E-state index is 11.7. The molecule has 0 amide bonds. The summed E-state index contributed by atoms with van der Waals surface area (Å²) >= 11 is 0. The summed E-state index contributed by atoms with van der Waals surface area (Å²) < 4.78 is 10.3. The van der Waals surface area contributed by atoms with Gasteiger partial charge in [0.2, 0.25) is 0 Å². The van der Waals surface area contributed by atoms with Gasteiger partial charge in [-0.1, -0.05) is 11.6 Å². The van der Waals surface area contributed by atoms with E-state index in [1.165, 1.54) is 5.57 Å². The standard InChI is InChI=1S/C15H19NO3/c1-18-13-3-5-14(6-4-13)19-15(17)7-2-12-8-10-16-11-9-12/h3-6,8,16H,2,7,9-11H2,1H3. The summed E-state index contributed by atoms with van der Waals surface area (Å²) in [4.78, 5) is 11.7. The number of carbonyl (C=O) groups is 1. The number of nitrogens with one attached hydrogen (secondary N) is 1. The molecule has 0 aromatic heterocycles. The first-order valence-electron chi connectivity index (χ1n) is 6.51. The third-order valence-corrected chi connectivity index (χ3v) is 3.10. The Hall–Kier alpha value is -1.81. The first-order chi connectivity index (χ1) is 9.28. The van der Waals surface area contributed by atoms with E-state index in [0.29, 0.717) is 12.2 Å². The van der Waals surface area contributed by atoms with Crippen molar-refractivity contribution in [2.24, 2.45) is 0 Å². The highest BCUT2D eigenvalue weighted by atomic mass is 16.5. The van der Waals surface area contributed by atoms with Gasteiger partial charge in [0, 0.05) is 13.0 Å². The second-order valence-electron chi connectivity index (χ2n) is 4.47. The van der Waals surface area contributed by atoms with Gasteiger partial charge in [-0.2, -0.15) is 0 Å². The molecule has 0 bridgehead atoms. The Morgan fingerprint density at radius 3 is 2.63 bits per heavy atom. The lowest BCUT2D eigenvalue weighted by atomic mass is 10.0. The molecule has 1 aliphatic rings. The van der Waals surface area contributed by atoms with Gasteiger partial charge in [0.15, 0.2) is 0 Å². The molecule has 4 heteroatoms. The van der Waals surface area contributed by atoms with Crippen LogP contribution in [0.5, 0.6) is 11.5 Å². The van der Waals surface area contributed by atoms with Gasteiger partial charge in [0.1, 0.15) is 11.5 Å². The Bertz CT molecular complexity index is 451. The molecule has 0 saturated carbocycles. The molecule has 1 aliphatic heterocycles. The molecule has 0 atom stereocenters. The van der Waals surface area contributed by atoms with E-state index in [1.54, 1.807) is 31.4 Å². The summed E-state index contributed by atoms with van der Waals surface area (Å²) in [6, 6.07) is 7.02. The van der Waals surface area contributed by atoms with E-state index >= 15 is 0 Å². The molecule has 0 saturated heterocycles. The molecule has 1 aromatic rings. The minimum atomic E-state index is -0.190. The Morgan fingerprint density at radius 1 is 1.26 bits per heavy atom. The fourth-order valence-electron chi connectivity index (χ4n) is 1.99. The minimum absolute atomic E-state index is 0.190. The molecular weight excluding hydrogens is 242 g/mol. The molecule has 1 N–H and O–H groups in total. The average molecular weight is 261 g/mol. The number of methoxy groups -OCH3 is 1. The van der Waals surface area contributed by atoms with E-state index in [9.17, 15) is 4.79 Å². The van der Waals surface area contributed by atoms with Crippen LogP contribution in [0, 0.1) is 0 Å². The van der Waals surface area contributed by atoms with Crippen LogP contribution in [0.2, 0.25) is 0 Å². The Morgan fingerprint density at radius 2 is 2.00 bits per heavy atom. The maximum absolute atomic E-state index is 11.7. The first kappa shape index (κ1) is 13.6. The van der Waals surface area contributed by atoms with Gasteiger partial charge >= 0.3 is 5.97 Å². The van der Waals surface area contributed by atoms with Crippen LogP contribution < -0.4 is 14.8 Å². The van der Waals surface area contributed by atoms with Gasteiger partial charge < -0.3 is 14.8 Å². The van der Waals surface area contributed by atoms with Crippen LogP contribution >= 0.6 is 0 Å². The maximum Gasteiger partial charge on any atom is 0.311 e. The molecule has 0 aliphatic carbocycles. The number of rotatable bonds is 5. The zero-order valence-electron chi connectivity index (χ0n) is 11.1. The molecule has 2 rings (SSSR count). The lowest BCUT2D eigenvalue weighted by molar-refractivity contribution is -0.134. The lowest BCUT2D eigenvalue weighted by Gasteiger charge is -2.13. The van der Waals surface area contributed by atoms with Crippen molar-refractivity contribution >= 4 is 5.97 Å². The molecule has 4 nitrogen and oxygen atoms in total. The topological polar surface area (TPSA) is 47.6 Å². The third kappa shape index (κ3) is 4.41. The van der Waals surface area contributed by atoms with Gasteiger partial charge in [-0.3, -0.25) is 4.79 Å². The monoisotopic (exact) mass is 261 g/mol. The highest BCUT2D eigenvalue weighted by molar-refractivity contribution is 5.72. The van der Waals surface area contributed by atoms with Gasteiger partial charge in [-0.15, -0.1) is 0 Å². The average Bonchev–Trinajstić information content (AvgIpc) is 2.47. The predicted octanol–water partition coefficient (Wildman–Crippen LogP) is 2.30. The van der Waals surface area contributed by atoms with Crippen molar-refractivity contribution < 1.29 is 14.3 Å². The summed E-state index contributed by atoms with van der Waals surface area (Å²) in [5.74, 6) is 1.12. The Kier molecular flexibility index (Phi) is 4.98. The van der Waals surface area contributed by atoms with Crippen molar-refractivity contribution in [2.45, 2.75) is 19.3 Å². The normalized spacial score (nSPS) is 14.7. The highest BCUT2D eigenvalue weighted by Crippen LogP contribution is 2.18. The van der Waals surface area contributed by atoms with Crippen molar-refractivity contribution in [3.63, 3.8) is 0 Å². The van der Waals surface area contributed by atoms with Gasteiger partial charge in [0.25, 0.3) is 0 Å². The number of ether oxygens (including phenoxy) is 2. The third-order valence-electron chi connectivity index (χ3n) is 3.10. The van der Waals surface area contributed by atoms with Crippen LogP contribution in [0.4, 0.5) is 0 Å². The van der Waals surface area contributed by atoms with Gasteiger partial charge in [-0.05, 0) is 43.7 Å². The fraction of sp³-hybridized carbons (Fsp3) is 0.400. The number of esters is 1. The van der Waals surface area contributed by atoms with Gasteiger partial charge in [0.05, 0.1) is 7.11 Å². The summed E-state index contributed by atoms with van der Waals surface area (Å²) in [5, 5.41) is 3.25. The van der Waals surface area contributed by atoms with Crippen LogP contribution in [-0.2, 0) is 4.79 Å². The van der Waals surface area contributed by atoms with Crippen LogP contribution in [-0.4, -0.2) is 26.2 Å². The zero-order chi connectivity index (χ0) is 13.5. The SMILES string of the molecule is COc1ccc(OC(=O)CCC2=CCNCC2)cc1. The molecule has 1 aromatic carbocycles. The summed E-state index contributed by atoms with van der Waals surface area (Å²) in [6.07, 6.45) is 4.40. The van der Waals surface area contributed by atoms with Crippen molar-refractivity contribution in [1.82, 2.24) is 5.32 Å².